The molecule has 0 unspecified atom stereocenters. The lowest BCUT2D eigenvalue weighted by molar-refractivity contribution is 0.0946. The summed E-state index contributed by atoms with van der Waals surface area (Å²) in [6, 6.07) is 13.8. The molecule has 0 atom stereocenters. The molecule has 2 aromatic rings. The van der Waals surface area contributed by atoms with Gasteiger partial charge < -0.3 is 10.2 Å². The van der Waals surface area contributed by atoms with Crippen LogP contribution in [0.5, 0.6) is 0 Å². The largest absolute Gasteiger partial charge is 0.369 e. The minimum absolute atomic E-state index is 0.446. The van der Waals surface area contributed by atoms with Crippen molar-refractivity contribution in [2.75, 3.05) is 0 Å². The summed E-state index contributed by atoms with van der Waals surface area (Å²) in [5.74, 6) is 4.86. The summed E-state index contributed by atoms with van der Waals surface area (Å²) in [6.45, 7) is 0. The molecule has 0 fully saturated rings. The van der Waals surface area contributed by atoms with E-state index in [1.165, 1.54) is 0 Å². The molecule has 0 bridgehead atoms. The van der Waals surface area contributed by atoms with Crippen LogP contribution in [0.3, 0.4) is 0 Å². The van der Waals surface area contributed by atoms with E-state index in [1.807, 2.05) is 0 Å². The van der Waals surface area contributed by atoms with Crippen molar-refractivity contribution in [3.05, 3.63) is 70.8 Å². The van der Waals surface area contributed by atoms with E-state index in [-0.39, 0.29) is 0 Å². The highest BCUT2D eigenvalue weighted by molar-refractivity contribution is 5.63. The Bertz CT molecular complexity index is 661. The summed E-state index contributed by atoms with van der Waals surface area (Å²) in [7, 11) is 0. The maximum Gasteiger partial charge on any atom is 0.177 e. The van der Waals surface area contributed by atoms with Gasteiger partial charge in [0.15, 0.2) is 11.2 Å². The van der Waals surface area contributed by atoms with E-state index in [4.69, 9.17) is 12.8 Å². The van der Waals surface area contributed by atoms with Crippen molar-refractivity contribution in [3.63, 3.8) is 0 Å². The number of hydrogen-bond acceptors (Lipinski definition) is 2. The van der Waals surface area contributed by atoms with Crippen molar-refractivity contribution in [3.8, 4) is 24.7 Å². The maximum absolute atomic E-state index is 10.9. The number of aliphatic hydroxyl groups is 2. The zero-order valence-electron chi connectivity index (χ0n) is 10.7. The second-order valence-corrected chi connectivity index (χ2v) is 4.80. The molecule has 2 aromatic carbocycles. The van der Waals surface area contributed by atoms with Crippen molar-refractivity contribution in [2.24, 2.45) is 0 Å². The normalized spacial score (nSPS) is 26.8. The number of terminal acetylenes is 2. The zero-order valence-corrected chi connectivity index (χ0v) is 10.7. The van der Waals surface area contributed by atoms with Crippen molar-refractivity contribution in [2.45, 2.75) is 11.2 Å². The van der Waals surface area contributed by atoms with Crippen LogP contribution in [0, 0.1) is 24.7 Å². The van der Waals surface area contributed by atoms with Gasteiger partial charge in [0.1, 0.15) is 0 Å². The summed E-state index contributed by atoms with van der Waals surface area (Å²) in [6.07, 6.45) is 11.1. The van der Waals surface area contributed by atoms with Crippen LogP contribution in [0.2, 0.25) is 0 Å². The van der Waals surface area contributed by atoms with E-state index >= 15 is 0 Å². The number of rotatable bonds is 0. The first-order valence-electron chi connectivity index (χ1n) is 6.18. The molecule has 20 heavy (non-hydrogen) atoms. The van der Waals surface area contributed by atoms with Crippen molar-refractivity contribution in [1.29, 1.82) is 0 Å². The number of benzene rings is 2. The predicted molar refractivity (Wildman–Crippen MR) is 76.5 cm³/mol. The van der Waals surface area contributed by atoms with Crippen LogP contribution in [0.4, 0.5) is 0 Å². The number of hydrogen-bond donors (Lipinski definition) is 2. The lowest BCUT2D eigenvalue weighted by atomic mass is 9.68. The Hall–Kier alpha value is -2.52. The molecule has 1 aliphatic carbocycles. The highest BCUT2D eigenvalue weighted by atomic mass is 16.3. The summed E-state index contributed by atoms with van der Waals surface area (Å²) >= 11 is 0. The van der Waals surface area contributed by atoms with Gasteiger partial charge in [0.25, 0.3) is 0 Å². The first-order valence-corrected chi connectivity index (χ1v) is 6.18. The molecule has 3 rings (SSSR count). The molecular formula is C18H12O2. The molecule has 2 heteroatoms. The Morgan fingerprint density at radius 2 is 0.900 bits per heavy atom. The topological polar surface area (TPSA) is 40.5 Å². The third-order valence-electron chi connectivity index (χ3n) is 3.83. The minimum Gasteiger partial charge on any atom is -0.369 e. The summed E-state index contributed by atoms with van der Waals surface area (Å²) in [5.41, 5.74) is -1.39. The van der Waals surface area contributed by atoms with Crippen LogP contribution in [-0.2, 0) is 11.2 Å². The molecule has 0 amide bonds. The Kier molecular flexibility index (Phi) is 2.49. The molecule has 0 aromatic heterocycles. The third-order valence-corrected chi connectivity index (χ3v) is 3.83. The van der Waals surface area contributed by atoms with Gasteiger partial charge in [0.05, 0.1) is 0 Å². The monoisotopic (exact) mass is 260 g/mol. The summed E-state index contributed by atoms with van der Waals surface area (Å²) < 4.78 is 0. The third kappa shape index (κ3) is 1.33. The van der Waals surface area contributed by atoms with Gasteiger partial charge in [-0.15, -0.1) is 12.8 Å². The fraction of sp³-hybridized carbons (Fsp3) is 0.111. The quantitative estimate of drug-likeness (QED) is 0.708. The second-order valence-electron chi connectivity index (χ2n) is 4.80. The maximum atomic E-state index is 10.9. The van der Waals surface area contributed by atoms with Gasteiger partial charge >= 0.3 is 0 Å². The molecule has 96 valence electrons. The molecule has 1 aliphatic rings. The SMILES string of the molecule is C#CC1(O)c2ccccc2C(O)(C#C)c2ccccc21. The average Bonchev–Trinajstić information content (AvgIpc) is 2.52. The van der Waals surface area contributed by atoms with Crippen LogP contribution in [-0.4, -0.2) is 10.2 Å². The molecule has 0 aliphatic heterocycles. The van der Waals surface area contributed by atoms with Crippen molar-refractivity contribution in [1.82, 2.24) is 0 Å². The van der Waals surface area contributed by atoms with Crippen LogP contribution in [0.1, 0.15) is 22.3 Å². The first-order chi connectivity index (χ1) is 9.58. The Morgan fingerprint density at radius 1 is 0.650 bits per heavy atom. The van der Waals surface area contributed by atoms with Gasteiger partial charge in [-0.1, -0.05) is 60.4 Å². The standard InChI is InChI=1S/C18H12O2/c1-3-17(19)13-9-5-7-11-15(13)18(20,4-2)16-12-8-6-10-14(16)17/h1-2,5-12,19-20H. The molecule has 0 saturated heterocycles. The van der Waals surface area contributed by atoms with Gasteiger partial charge in [-0.05, 0) is 0 Å². The molecule has 0 spiro atoms. The molecule has 0 saturated carbocycles. The molecule has 2 N–H and O–H groups in total. The van der Waals surface area contributed by atoms with E-state index < -0.39 is 11.2 Å². The fourth-order valence-corrected chi connectivity index (χ4v) is 2.83. The predicted octanol–water partition coefficient (Wildman–Crippen LogP) is 1.74. The van der Waals surface area contributed by atoms with Gasteiger partial charge in [-0.25, -0.2) is 0 Å². The van der Waals surface area contributed by atoms with Crippen LogP contribution in [0.15, 0.2) is 48.5 Å². The van der Waals surface area contributed by atoms with Gasteiger partial charge in [-0.2, -0.15) is 0 Å². The fourth-order valence-electron chi connectivity index (χ4n) is 2.83. The second kappa shape index (κ2) is 3.99. The van der Waals surface area contributed by atoms with E-state index in [9.17, 15) is 10.2 Å². The first kappa shape index (κ1) is 12.5. The zero-order chi connectivity index (χ0) is 14.4. The van der Waals surface area contributed by atoms with Crippen LogP contribution < -0.4 is 0 Å². The molecule has 0 heterocycles. The molecule has 0 radical (unpaired) electrons. The van der Waals surface area contributed by atoms with E-state index in [0.29, 0.717) is 22.3 Å². The summed E-state index contributed by atoms with van der Waals surface area (Å²) in [5, 5.41) is 21.8. The van der Waals surface area contributed by atoms with Gasteiger partial charge in [0.2, 0.25) is 0 Å². The Balaban J connectivity index is 2.49. The van der Waals surface area contributed by atoms with Gasteiger partial charge in [0, 0.05) is 22.3 Å². The molecule has 2 nitrogen and oxygen atoms in total. The average molecular weight is 260 g/mol. The van der Waals surface area contributed by atoms with E-state index in [1.54, 1.807) is 48.5 Å². The summed E-state index contributed by atoms with van der Waals surface area (Å²) in [4.78, 5) is 0. The highest BCUT2D eigenvalue weighted by Gasteiger charge is 2.47. The lowest BCUT2D eigenvalue weighted by Crippen LogP contribution is -2.41. The van der Waals surface area contributed by atoms with Crippen LogP contribution in [0.25, 0.3) is 0 Å². The Morgan fingerprint density at radius 3 is 1.10 bits per heavy atom. The van der Waals surface area contributed by atoms with Crippen molar-refractivity contribution < 1.29 is 10.2 Å². The number of fused-ring (bicyclic) bond motifs is 2. The Labute approximate surface area is 117 Å². The highest BCUT2D eigenvalue weighted by Crippen LogP contribution is 2.46. The van der Waals surface area contributed by atoms with Crippen LogP contribution >= 0.6 is 0 Å². The minimum atomic E-state index is -1.59. The lowest BCUT2D eigenvalue weighted by Gasteiger charge is -2.39. The van der Waals surface area contributed by atoms with E-state index in [2.05, 4.69) is 11.8 Å². The smallest absolute Gasteiger partial charge is 0.177 e. The van der Waals surface area contributed by atoms with Crippen molar-refractivity contribution >= 4 is 0 Å². The van der Waals surface area contributed by atoms with E-state index in [0.717, 1.165) is 0 Å². The molecular weight excluding hydrogens is 248 g/mol. The van der Waals surface area contributed by atoms with Gasteiger partial charge in [-0.3, -0.25) is 0 Å².